The number of anilines is 1. The second-order valence-electron chi connectivity index (χ2n) is 8.06. The first-order valence-corrected chi connectivity index (χ1v) is 11.8. The maximum atomic E-state index is 13.8. The first kappa shape index (κ1) is 22.0. The van der Waals surface area contributed by atoms with Crippen molar-refractivity contribution >= 4 is 46.0 Å². The lowest BCUT2D eigenvalue weighted by Crippen LogP contribution is -2.45. The van der Waals surface area contributed by atoms with Crippen molar-refractivity contribution in [1.82, 2.24) is 4.90 Å². The molecular weight excluding hydrogens is 451 g/mol. The van der Waals surface area contributed by atoms with E-state index in [1.54, 1.807) is 19.1 Å². The summed E-state index contributed by atoms with van der Waals surface area (Å²) in [6.45, 7) is 1.66. The number of nitrogens with zero attached hydrogens (tertiary/aromatic N) is 3. The van der Waals surface area contributed by atoms with Gasteiger partial charge >= 0.3 is 0 Å². The maximum Gasteiger partial charge on any atom is 0.271 e. The van der Waals surface area contributed by atoms with Gasteiger partial charge in [-0.05, 0) is 42.3 Å². The summed E-state index contributed by atoms with van der Waals surface area (Å²) in [6, 6.07) is 21.3. The Bertz CT molecular complexity index is 1340. The minimum atomic E-state index is -0.536. The van der Waals surface area contributed by atoms with E-state index in [0.717, 1.165) is 11.1 Å². The lowest BCUT2D eigenvalue weighted by molar-refractivity contribution is -0.119. The number of benzene rings is 3. The van der Waals surface area contributed by atoms with Crippen molar-refractivity contribution in [2.24, 2.45) is 9.98 Å². The molecule has 0 saturated carbocycles. The summed E-state index contributed by atoms with van der Waals surface area (Å²) in [6.07, 6.45) is 0.475. The number of amides is 2. The lowest BCUT2D eigenvalue weighted by Gasteiger charge is -2.31. The van der Waals surface area contributed by atoms with Crippen LogP contribution in [0, 0.1) is 12.7 Å². The second-order valence-corrected chi connectivity index (χ2v) is 9.00. The first-order valence-electron chi connectivity index (χ1n) is 10.8. The van der Waals surface area contributed by atoms with Gasteiger partial charge in [0.15, 0.2) is 5.17 Å². The van der Waals surface area contributed by atoms with E-state index in [9.17, 15) is 14.0 Å². The van der Waals surface area contributed by atoms with Gasteiger partial charge in [0, 0.05) is 17.7 Å². The van der Waals surface area contributed by atoms with Gasteiger partial charge in [0.05, 0.1) is 11.4 Å². The Labute approximate surface area is 200 Å². The Kier molecular flexibility index (Phi) is 5.98. The standard InChI is InChI=1S/C26H21FN4O2S/c1-16-11-12-18(14-20(16)27)28-23(32)15-34-26-29-21-10-6-5-9-19(21)24-30-25(33)22(31(24)26)13-17-7-3-2-4-8-17/h2-12,14,22H,13,15H2,1H3,(H,28,32). The SMILES string of the molecule is Cc1ccc(NC(=O)CSC2=Nc3ccccc3C3=NC(=O)C(Cc4ccccc4)N23)cc1F. The molecule has 1 atom stereocenters. The van der Waals surface area contributed by atoms with Crippen molar-refractivity contribution in [1.29, 1.82) is 0 Å². The number of amidine groups is 2. The zero-order valence-electron chi connectivity index (χ0n) is 18.4. The zero-order chi connectivity index (χ0) is 23.7. The number of hydrogen-bond acceptors (Lipinski definition) is 5. The molecule has 0 bridgehead atoms. The number of nitrogens with one attached hydrogen (secondary N) is 1. The fourth-order valence-corrected chi connectivity index (χ4v) is 4.79. The Morgan fingerprint density at radius 2 is 1.82 bits per heavy atom. The number of aliphatic imine (C=N–C) groups is 2. The molecule has 3 aromatic rings. The number of aryl methyl sites for hydroxylation is 1. The number of halogens is 1. The highest BCUT2D eigenvalue weighted by Crippen LogP contribution is 2.35. The Balaban J connectivity index is 1.38. The molecule has 8 heteroatoms. The summed E-state index contributed by atoms with van der Waals surface area (Å²) in [5, 5.41) is 3.25. The maximum absolute atomic E-state index is 13.8. The molecule has 2 heterocycles. The van der Waals surface area contributed by atoms with Gasteiger partial charge in [-0.15, -0.1) is 0 Å². The largest absolute Gasteiger partial charge is 0.325 e. The number of carbonyl (C=O) groups excluding carboxylic acids is 2. The van der Waals surface area contributed by atoms with Gasteiger partial charge in [-0.1, -0.05) is 60.3 Å². The van der Waals surface area contributed by atoms with Crippen molar-refractivity contribution in [3.05, 3.63) is 95.3 Å². The molecule has 34 heavy (non-hydrogen) atoms. The second kappa shape index (κ2) is 9.23. The third-order valence-electron chi connectivity index (χ3n) is 5.67. The van der Waals surface area contributed by atoms with Gasteiger partial charge in [-0.2, -0.15) is 4.99 Å². The van der Waals surface area contributed by atoms with Gasteiger partial charge < -0.3 is 5.32 Å². The molecule has 3 aromatic carbocycles. The molecule has 2 aliphatic rings. The summed E-state index contributed by atoms with van der Waals surface area (Å²) >= 11 is 1.23. The van der Waals surface area contributed by atoms with Crippen molar-refractivity contribution in [2.75, 3.05) is 11.1 Å². The molecule has 1 N–H and O–H groups in total. The van der Waals surface area contributed by atoms with Gasteiger partial charge in [0.1, 0.15) is 17.7 Å². The number of carbonyl (C=O) groups is 2. The van der Waals surface area contributed by atoms with Gasteiger partial charge in [-0.3, -0.25) is 14.5 Å². The summed E-state index contributed by atoms with van der Waals surface area (Å²) in [4.78, 5) is 36.5. The van der Waals surface area contributed by atoms with Crippen LogP contribution in [0.3, 0.4) is 0 Å². The molecule has 5 rings (SSSR count). The van der Waals surface area contributed by atoms with Crippen LogP contribution in [0.5, 0.6) is 0 Å². The summed E-state index contributed by atoms with van der Waals surface area (Å²) in [7, 11) is 0. The third-order valence-corrected chi connectivity index (χ3v) is 6.62. The van der Waals surface area contributed by atoms with Crippen molar-refractivity contribution < 1.29 is 14.0 Å². The Morgan fingerprint density at radius 1 is 1.06 bits per heavy atom. The van der Waals surface area contributed by atoms with E-state index in [4.69, 9.17) is 4.99 Å². The minimum absolute atomic E-state index is 0.0481. The molecule has 1 unspecified atom stereocenters. The first-order chi connectivity index (χ1) is 16.5. The highest BCUT2D eigenvalue weighted by Gasteiger charge is 2.41. The third kappa shape index (κ3) is 4.36. The van der Waals surface area contributed by atoms with E-state index in [0.29, 0.717) is 34.4 Å². The summed E-state index contributed by atoms with van der Waals surface area (Å²) < 4.78 is 13.8. The number of fused-ring (bicyclic) bond motifs is 3. The van der Waals surface area contributed by atoms with Gasteiger partial charge in [-0.25, -0.2) is 9.38 Å². The van der Waals surface area contributed by atoms with Crippen LogP contribution in [0.15, 0.2) is 82.8 Å². The normalized spacial score (nSPS) is 16.5. The molecule has 2 aliphatic heterocycles. The Morgan fingerprint density at radius 3 is 2.62 bits per heavy atom. The van der Waals surface area contributed by atoms with E-state index in [-0.39, 0.29) is 23.4 Å². The molecule has 0 aliphatic carbocycles. The van der Waals surface area contributed by atoms with Gasteiger partial charge in [0.2, 0.25) is 5.91 Å². The number of rotatable bonds is 5. The van der Waals surface area contributed by atoms with Crippen LogP contribution in [0.25, 0.3) is 0 Å². The lowest BCUT2D eigenvalue weighted by atomic mass is 10.0. The smallest absolute Gasteiger partial charge is 0.271 e. The molecule has 0 aromatic heterocycles. The average molecular weight is 473 g/mol. The molecule has 170 valence electrons. The fraction of sp³-hybridized carbons (Fsp3) is 0.154. The van der Waals surface area contributed by atoms with E-state index in [1.807, 2.05) is 59.5 Å². The van der Waals surface area contributed by atoms with Crippen LogP contribution in [0.4, 0.5) is 15.8 Å². The zero-order valence-corrected chi connectivity index (χ0v) is 19.2. The molecule has 0 fully saturated rings. The highest BCUT2D eigenvalue weighted by atomic mass is 32.2. The number of para-hydroxylation sites is 1. The fourth-order valence-electron chi connectivity index (χ4n) is 3.94. The van der Waals surface area contributed by atoms with Crippen molar-refractivity contribution in [3.63, 3.8) is 0 Å². The van der Waals surface area contributed by atoms with Crippen LogP contribution in [0.2, 0.25) is 0 Å². The molecule has 0 saturated heterocycles. The number of hydrogen-bond donors (Lipinski definition) is 1. The monoisotopic (exact) mass is 472 g/mol. The molecule has 6 nitrogen and oxygen atoms in total. The summed E-state index contributed by atoms with van der Waals surface area (Å²) in [5.74, 6) is -0.298. The summed E-state index contributed by atoms with van der Waals surface area (Å²) in [5.41, 5.74) is 3.41. The predicted octanol–water partition coefficient (Wildman–Crippen LogP) is 4.71. The van der Waals surface area contributed by atoms with E-state index < -0.39 is 6.04 Å². The van der Waals surface area contributed by atoms with Crippen LogP contribution in [-0.4, -0.2) is 39.5 Å². The van der Waals surface area contributed by atoms with Crippen LogP contribution in [0.1, 0.15) is 16.7 Å². The average Bonchev–Trinajstić information content (AvgIpc) is 3.17. The van der Waals surface area contributed by atoms with Crippen molar-refractivity contribution in [2.45, 2.75) is 19.4 Å². The highest BCUT2D eigenvalue weighted by molar-refractivity contribution is 8.14. The molecule has 2 amide bonds. The Hall–Kier alpha value is -3.78. The topological polar surface area (TPSA) is 74.1 Å². The van der Waals surface area contributed by atoms with E-state index in [2.05, 4.69) is 10.3 Å². The minimum Gasteiger partial charge on any atom is -0.325 e. The number of thioether (sulfide) groups is 1. The molecule has 0 radical (unpaired) electrons. The molecular formula is C26H21FN4O2S. The predicted molar refractivity (Wildman–Crippen MR) is 133 cm³/mol. The van der Waals surface area contributed by atoms with E-state index in [1.165, 1.54) is 17.8 Å². The van der Waals surface area contributed by atoms with Gasteiger partial charge in [0.25, 0.3) is 5.91 Å². The van der Waals surface area contributed by atoms with E-state index >= 15 is 0 Å². The van der Waals surface area contributed by atoms with Crippen LogP contribution < -0.4 is 5.32 Å². The van der Waals surface area contributed by atoms with Crippen LogP contribution in [-0.2, 0) is 16.0 Å². The van der Waals surface area contributed by atoms with Crippen molar-refractivity contribution in [3.8, 4) is 0 Å². The molecule has 0 spiro atoms. The quantitative estimate of drug-likeness (QED) is 0.584. The van der Waals surface area contributed by atoms with Crippen LogP contribution >= 0.6 is 11.8 Å².